The lowest BCUT2D eigenvalue weighted by Gasteiger charge is -2.25. The molecule has 0 saturated carbocycles. The van der Waals surface area contributed by atoms with E-state index >= 15 is 0 Å². The molecule has 0 spiro atoms. The third-order valence-corrected chi connectivity index (χ3v) is 1.65. The second kappa shape index (κ2) is 3.56. The molecule has 0 aromatic carbocycles. The third kappa shape index (κ3) is 2.53. The van der Waals surface area contributed by atoms with Crippen molar-refractivity contribution in [1.82, 2.24) is 0 Å². The zero-order valence-corrected chi connectivity index (χ0v) is 7.20. The number of ether oxygens (including phenoxy) is 2. The molecule has 2 atom stereocenters. The monoisotopic (exact) mass is 172 g/mol. The first kappa shape index (κ1) is 9.03. The lowest BCUT2D eigenvalue weighted by Crippen LogP contribution is -2.33. The first-order valence-electron chi connectivity index (χ1n) is 3.94. The minimum absolute atomic E-state index is 0.143. The van der Waals surface area contributed by atoms with Crippen molar-refractivity contribution < 1.29 is 19.1 Å². The van der Waals surface area contributed by atoms with Crippen LogP contribution in [-0.2, 0) is 19.1 Å². The average Bonchev–Trinajstić information content (AvgIpc) is 1.81. The van der Waals surface area contributed by atoms with Gasteiger partial charge in [-0.1, -0.05) is 0 Å². The molecule has 1 fully saturated rings. The molecular formula is C8H12O4. The Kier molecular flexibility index (Phi) is 2.68. The number of rotatable bonds is 1. The number of cyclic esters (lactones) is 1. The summed E-state index contributed by atoms with van der Waals surface area (Å²) >= 11 is 0. The van der Waals surface area contributed by atoms with Crippen molar-refractivity contribution in [3.8, 4) is 0 Å². The normalized spacial score (nSPS) is 29.3. The number of hydrogen-bond acceptors (Lipinski definition) is 4. The number of esters is 2. The van der Waals surface area contributed by atoms with Gasteiger partial charge in [-0.15, -0.1) is 0 Å². The summed E-state index contributed by atoms with van der Waals surface area (Å²) in [6, 6.07) is 0. The Balaban J connectivity index is 2.44. The molecule has 12 heavy (non-hydrogen) atoms. The summed E-state index contributed by atoms with van der Waals surface area (Å²) < 4.78 is 9.76. The minimum atomic E-state index is -0.345. The Hall–Kier alpha value is -1.06. The van der Waals surface area contributed by atoms with Gasteiger partial charge in [0, 0.05) is 13.3 Å². The standard InChI is InChI=1S/C8H12O4/c1-5-3-7(12-6(2)9)4-8(10)11-5/h5,7H,3-4H2,1-2H3/t5-,7+/m0/s1. The van der Waals surface area contributed by atoms with Crippen molar-refractivity contribution >= 4 is 11.9 Å². The van der Waals surface area contributed by atoms with Crippen LogP contribution in [0.4, 0.5) is 0 Å². The van der Waals surface area contributed by atoms with Crippen molar-refractivity contribution in [2.24, 2.45) is 0 Å². The van der Waals surface area contributed by atoms with Crippen LogP contribution in [0.5, 0.6) is 0 Å². The highest BCUT2D eigenvalue weighted by atomic mass is 16.6. The molecule has 0 amide bonds. The van der Waals surface area contributed by atoms with Gasteiger partial charge in [0.05, 0.1) is 6.42 Å². The highest BCUT2D eigenvalue weighted by Crippen LogP contribution is 2.17. The number of carbonyl (C=O) groups is 2. The molecule has 0 N–H and O–H groups in total. The molecule has 4 heteroatoms. The summed E-state index contributed by atoms with van der Waals surface area (Å²) in [5.41, 5.74) is 0. The summed E-state index contributed by atoms with van der Waals surface area (Å²) in [5, 5.41) is 0. The molecular weight excluding hydrogens is 160 g/mol. The van der Waals surface area contributed by atoms with Gasteiger partial charge in [0.2, 0.25) is 0 Å². The van der Waals surface area contributed by atoms with E-state index in [9.17, 15) is 9.59 Å². The van der Waals surface area contributed by atoms with Crippen LogP contribution in [0, 0.1) is 0 Å². The van der Waals surface area contributed by atoms with Crippen molar-refractivity contribution in [3.05, 3.63) is 0 Å². The van der Waals surface area contributed by atoms with Crippen LogP contribution >= 0.6 is 0 Å². The predicted octanol–water partition coefficient (Wildman–Crippen LogP) is 0.644. The number of hydrogen-bond donors (Lipinski definition) is 0. The van der Waals surface area contributed by atoms with Crippen molar-refractivity contribution in [3.63, 3.8) is 0 Å². The van der Waals surface area contributed by atoms with E-state index in [1.807, 2.05) is 0 Å². The van der Waals surface area contributed by atoms with E-state index in [0.29, 0.717) is 6.42 Å². The summed E-state index contributed by atoms with van der Waals surface area (Å²) in [5.74, 6) is -0.637. The molecule has 0 aliphatic carbocycles. The van der Waals surface area contributed by atoms with Crippen molar-refractivity contribution in [2.75, 3.05) is 0 Å². The van der Waals surface area contributed by atoms with E-state index in [0.717, 1.165) is 0 Å². The lowest BCUT2D eigenvalue weighted by molar-refractivity contribution is -0.166. The first-order chi connectivity index (χ1) is 5.58. The zero-order valence-electron chi connectivity index (χ0n) is 7.20. The first-order valence-corrected chi connectivity index (χ1v) is 3.94. The molecule has 1 heterocycles. The van der Waals surface area contributed by atoms with E-state index in [-0.39, 0.29) is 30.6 Å². The molecule has 1 rings (SSSR count). The van der Waals surface area contributed by atoms with Gasteiger partial charge in [-0.3, -0.25) is 9.59 Å². The highest BCUT2D eigenvalue weighted by Gasteiger charge is 2.27. The van der Waals surface area contributed by atoms with Gasteiger partial charge >= 0.3 is 11.9 Å². The van der Waals surface area contributed by atoms with Crippen molar-refractivity contribution in [1.29, 1.82) is 0 Å². The van der Waals surface area contributed by atoms with Crippen LogP contribution in [-0.4, -0.2) is 24.1 Å². The van der Waals surface area contributed by atoms with E-state index in [4.69, 9.17) is 9.47 Å². The topological polar surface area (TPSA) is 52.6 Å². The Labute approximate surface area is 70.8 Å². The quantitative estimate of drug-likeness (QED) is 0.545. The van der Waals surface area contributed by atoms with Crippen LogP contribution < -0.4 is 0 Å². The molecule has 1 aliphatic heterocycles. The second-order valence-corrected chi connectivity index (χ2v) is 2.97. The lowest BCUT2D eigenvalue weighted by atomic mass is 10.1. The SMILES string of the molecule is CC(=O)O[C@H]1CC(=O)O[C@@H](C)C1. The second-order valence-electron chi connectivity index (χ2n) is 2.97. The predicted molar refractivity (Wildman–Crippen MR) is 40.3 cm³/mol. The molecule has 0 unspecified atom stereocenters. The summed E-state index contributed by atoms with van der Waals surface area (Å²) in [6.45, 7) is 3.12. The van der Waals surface area contributed by atoms with Crippen LogP contribution in [0.2, 0.25) is 0 Å². The van der Waals surface area contributed by atoms with Gasteiger partial charge in [0.25, 0.3) is 0 Å². The summed E-state index contributed by atoms with van der Waals surface area (Å²) in [6.07, 6.45) is 0.351. The highest BCUT2D eigenvalue weighted by molar-refractivity contribution is 5.72. The Morgan fingerprint density at radius 1 is 1.67 bits per heavy atom. The fourth-order valence-electron chi connectivity index (χ4n) is 1.28. The van der Waals surface area contributed by atoms with E-state index < -0.39 is 0 Å². The van der Waals surface area contributed by atoms with Gasteiger partial charge in [-0.2, -0.15) is 0 Å². The van der Waals surface area contributed by atoms with Gasteiger partial charge in [-0.05, 0) is 6.92 Å². The third-order valence-electron chi connectivity index (χ3n) is 1.65. The van der Waals surface area contributed by atoms with E-state index in [2.05, 4.69) is 0 Å². The molecule has 68 valence electrons. The molecule has 1 saturated heterocycles. The van der Waals surface area contributed by atoms with Crippen LogP contribution in [0.3, 0.4) is 0 Å². The molecule has 0 bridgehead atoms. The largest absolute Gasteiger partial charge is 0.462 e. The Morgan fingerprint density at radius 3 is 2.83 bits per heavy atom. The van der Waals surface area contributed by atoms with Gasteiger partial charge < -0.3 is 9.47 Å². The maximum Gasteiger partial charge on any atom is 0.309 e. The maximum absolute atomic E-state index is 10.9. The van der Waals surface area contributed by atoms with E-state index in [1.165, 1.54) is 6.92 Å². The van der Waals surface area contributed by atoms with Crippen LogP contribution in [0.1, 0.15) is 26.7 Å². The summed E-state index contributed by atoms with van der Waals surface area (Å²) in [4.78, 5) is 21.4. The van der Waals surface area contributed by atoms with Crippen molar-refractivity contribution in [2.45, 2.75) is 38.9 Å². The van der Waals surface area contributed by atoms with Crippen LogP contribution in [0.25, 0.3) is 0 Å². The van der Waals surface area contributed by atoms with E-state index in [1.54, 1.807) is 6.92 Å². The Morgan fingerprint density at radius 2 is 2.33 bits per heavy atom. The average molecular weight is 172 g/mol. The molecule has 1 aliphatic rings. The Bertz CT molecular complexity index is 197. The smallest absolute Gasteiger partial charge is 0.309 e. The fourth-order valence-corrected chi connectivity index (χ4v) is 1.28. The molecule has 0 aromatic rings. The van der Waals surface area contributed by atoms with Crippen LogP contribution in [0.15, 0.2) is 0 Å². The fraction of sp³-hybridized carbons (Fsp3) is 0.750. The minimum Gasteiger partial charge on any atom is -0.462 e. The summed E-state index contributed by atoms with van der Waals surface area (Å²) in [7, 11) is 0. The van der Waals surface area contributed by atoms with Gasteiger partial charge in [0.1, 0.15) is 12.2 Å². The number of carbonyl (C=O) groups excluding carboxylic acids is 2. The molecule has 4 nitrogen and oxygen atoms in total. The van der Waals surface area contributed by atoms with Gasteiger partial charge in [-0.25, -0.2) is 0 Å². The van der Waals surface area contributed by atoms with Gasteiger partial charge in [0.15, 0.2) is 0 Å². The maximum atomic E-state index is 10.9. The molecule has 0 aromatic heterocycles. The molecule has 0 radical (unpaired) electrons. The zero-order chi connectivity index (χ0) is 9.14.